The van der Waals surface area contributed by atoms with E-state index >= 15 is 0 Å². The minimum absolute atomic E-state index is 0.496. The molecule has 0 saturated heterocycles. The molecule has 0 spiro atoms. The molecule has 0 radical (unpaired) electrons. The summed E-state index contributed by atoms with van der Waals surface area (Å²) >= 11 is 5.84. The van der Waals surface area contributed by atoms with Crippen molar-refractivity contribution in [3.8, 4) is 5.75 Å². The second kappa shape index (κ2) is 5.19. The van der Waals surface area contributed by atoms with Crippen LogP contribution in [0.3, 0.4) is 0 Å². The molecule has 0 saturated carbocycles. The van der Waals surface area contributed by atoms with E-state index < -0.39 is 6.10 Å². The summed E-state index contributed by atoms with van der Waals surface area (Å²) < 4.78 is 10.8. The van der Waals surface area contributed by atoms with Gasteiger partial charge in [-0.1, -0.05) is 23.7 Å². The number of benzene rings is 2. The Hall–Kier alpha value is -1.97. The smallest absolute Gasteiger partial charge is 0.138 e. The SMILES string of the molecule is COc1ccc2cc(C(O)c3ccc(Cl)cc3)oc2c1. The van der Waals surface area contributed by atoms with Crippen molar-refractivity contribution in [1.82, 2.24) is 0 Å². The third kappa shape index (κ3) is 2.38. The largest absolute Gasteiger partial charge is 0.497 e. The number of fused-ring (bicyclic) bond motifs is 1. The molecular weight excluding hydrogens is 276 g/mol. The highest BCUT2D eigenvalue weighted by atomic mass is 35.5. The number of hydrogen-bond acceptors (Lipinski definition) is 3. The molecule has 2 aromatic carbocycles. The minimum atomic E-state index is -0.814. The van der Waals surface area contributed by atoms with Gasteiger partial charge in [-0.25, -0.2) is 0 Å². The van der Waals surface area contributed by atoms with Crippen molar-refractivity contribution < 1.29 is 14.3 Å². The summed E-state index contributed by atoms with van der Waals surface area (Å²) in [7, 11) is 1.60. The summed E-state index contributed by atoms with van der Waals surface area (Å²) in [6, 6.07) is 14.4. The van der Waals surface area contributed by atoms with Crippen LogP contribution in [0.25, 0.3) is 11.0 Å². The third-order valence-electron chi connectivity index (χ3n) is 3.20. The predicted octanol–water partition coefficient (Wildman–Crippen LogP) is 4.18. The molecule has 0 aliphatic heterocycles. The molecule has 3 aromatic rings. The quantitative estimate of drug-likeness (QED) is 0.786. The van der Waals surface area contributed by atoms with Crippen LogP contribution in [0.2, 0.25) is 5.02 Å². The summed E-state index contributed by atoms with van der Waals surface area (Å²) in [4.78, 5) is 0. The lowest BCUT2D eigenvalue weighted by Gasteiger charge is -2.07. The van der Waals surface area contributed by atoms with Crippen LogP contribution in [0.5, 0.6) is 5.75 Å². The van der Waals surface area contributed by atoms with E-state index in [1.165, 1.54) is 0 Å². The van der Waals surface area contributed by atoms with Crippen molar-refractivity contribution in [3.63, 3.8) is 0 Å². The van der Waals surface area contributed by atoms with Crippen LogP contribution < -0.4 is 4.74 Å². The van der Waals surface area contributed by atoms with Crippen molar-refractivity contribution in [1.29, 1.82) is 0 Å². The molecule has 20 heavy (non-hydrogen) atoms. The highest BCUT2D eigenvalue weighted by molar-refractivity contribution is 6.30. The van der Waals surface area contributed by atoms with Gasteiger partial charge in [-0.3, -0.25) is 0 Å². The molecule has 1 heterocycles. The number of halogens is 1. The van der Waals surface area contributed by atoms with E-state index in [4.69, 9.17) is 20.8 Å². The molecule has 1 aromatic heterocycles. The first kappa shape index (κ1) is 13.0. The van der Waals surface area contributed by atoms with Gasteiger partial charge in [-0.05, 0) is 35.9 Å². The van der Waals surface area contributed by atoms with Gasteiger partial charge in [0, 0.05) is 16.5 Å². The van der Waals surface area contributed by atoms with E-state index in [2.05, 4.69) is 0 Å². The number of aliphatic hydroxyl groups is 1. The van der Waals surface area contributed by atoms with Crippen molar-refractivity contribution in [3.05, 3.63) is 64.9 Å². The Labute approximate surface area is 121 Å². The van der Waals surface area contributed by atoms with Gasteiger partial charge in [-0.2, -0.15) is 0 Å². The molecule has 3 rings (SSSR count). The van der Waals surface area contributed by atoms with Gasteiger partial charge in [0.2, 0.25) is 0 Å². The number of furan rings is 1. The predicted molar refractivity (Wildman–Crippen MR) is 78.3 cm³/mol. The van der Waals surface area contributed by atoms with Crippen LogP contribution in [0.15, 0.2) is 52.9 Å². The topological polar surface area (TPSA) is 42.6 Å². The van der Waals surface area contributed by atoms with Gasteiger partial charge >= 0.3 is 0 Å². The Balaban J connectivity index is 1.98. The minimum Gasteiger partial charge on any atom is -0.497 e. The Kier molecular flexibility index (Phi) is 3.38. The first-order valence-corrected chi connectivity index (χ1v) is 6.56. The van der Waals surface area contributed by atoms with Gasteiger partial charge in [0.25, 0.3) is 0 Å². The molecule has 4 heteroatoms. The number of rotatable bonds is 3. The van der Waals surface area contributed by atoms with Crippen LogP contribution in [0.1, 0.15) is 17.4 Å². The Morgan fingerprint density at radius 3 is 2.55 bits per heavy atom. The Morgan fingerprint density at radius 2 is 1.85 bits per heavy atom. The molecule has 102 valence electrons. The van der Waals surface area contributed by atoms with Crippen LogP contribution in [-0.2, 0) is 0 Å². The fourth-order valence-corrected chi connectivity index (χ4v) is 2.23. The average Bonchev–Trinajstić information content (AvgIpc) is 2.90. The second-order valence-electron chi connectivity index (χ2n) is 4.51. The number of ether oxygens (including phenoxy) is 1. The maximum atomic E-state index is 10.3. The summed E-state index contributed by atoms with van der Waals surface area (Å²) in [6.07, 6.45) is -0.814. The maximum absolute atomic E-state index is 10.3. The zero-order chi connectivity index (χ0) is 14.1. The zero-order valence-electron chi connectivity index (χ0n) is 10.8. The highest BCUT2D eigenvalue weighted by Gasteiger charge is 2.15. The summed E-state index contributed by atoms with van der Waals surface area (Å²) in [5, 5.41) is 11.9. The second-order valence-corrected chi connectivity index (χ2v) is 4.94. The molecule has 0 amide bonds. The van der Waals surface area contributed by atoms with Gasteiger partial charge in [0.05, 0.1) is 7.11 Å². The average molecular weight is 289 g/mol. The highest BCUT2D eigenvalue weighted by Crippen LogP contribution is 2.30. The molecule has 0 bridgehead atoms. The first-order chi connectivity index (χ1) is 9.67. The first-order valence-electron chi connectivity index (χ1n) is 6.18. The van der Waals surface area contributed by atoms with Gasteiger partial charge in [0.1, 0.15) is 23.2 Å². The van der Waals surface area contributed by atoms with Gasteiger partial charge in [-0.15, -0.1) is 0 Å². The van der Waals surface area contributed by atoms with Crippen molar-refractivity contribution in [2.24, 2.45) is 0 Å². The van der Waals surface area contributed by atoms with E-state index in [-0.39, 0.29) is 0 Å². The van der Waals surface area contributed by atoms with Gasteiger partial charge < -0.3 is 14.3 Å². The normalized spacial score (nSPS) is 12.6. The Morgan fingerprint density at radius 1 is 1.10 bits per heavy atom. The third-order valence-corrected chi connectivity index (χ3v) is 3.45. The monoisotopic (exact) mass is 288 g/mol. The van der Waals surface area contributed by atoms with Crippen molar-refractivity contribution >= 4 is 22.6 Å². The van der Waals surface area contributed by atoms with Crippen molar-refractivity contribution in [2.45, 2.75) is 6.10 Å². The number of hydrogen-bond donors (Lipinski definition) is 1. The molecule has 1 unspecified atom stereocenters. The van der Waals surface area contributed by atoms with Crippen molar-refractivity contribution in [2.75, 3.05) is 7.11 Å². The fraction of sp³-hybridized carbons (Fsp3) is 0.125. The van der Waals surface area contributed by atoms with Crippen LogP contribution >= 0.6 is 11.6 Å². The summed E-state index contributed by atoms with van der Waals surface area (Å²) in [5.74, 6) is 1.22. The maximum Gasteiger partial charge on any atom is 0.138 e. The standard InChI is InChI=1S/C16H13ClO3/c1-19-13-7-4-11-8-15(20-14(11)9-13)16(18)10-2-5-12(17)6-3-10/h2-9,16,18H,1H3. The number of methoxy groups -OCH3 is 1. The molecule has 1 N–H and O–H groups in total. The lowest BCUT2D eigenvalue weighted by atomic mass is 10.1. The lowest BCUT2D eigenvalue weighted by molar-refractivity contribution is 0.192. The lowest BCUT2D eigenvalue weighted by Crippen LogP contribution is -1.97. The van der Waals surface area contributed by atoms with Crippen LogP contribution in [0.4, 0.5) is 0 Å². The fourth-order valence-electron chi connectivity index (χ4n) is 2.10. The van der Waals surface area contributed by atoms with Crippen LogP contribution in [-0.4, -0.2) is 12.2 Å². The summed E-state index contributed by atoms with van der Waals surface area (Å²) in [5.41, 5.74) is 1.42. The molecule has 1 atom stereocenters. The molecule has 3 nitrogen and oxygen atoms in total. The number of aliphatic hydroxyl groups excluding tert-OH is 1. The van der Waals surface area contributed by atoms with Gasteiger partial charge in [0.15, 0.2) is 0 Å². The molecule has 0 fully saturated rings. The molecule has 0 aliphatic rings. The summed E-state index contributed by atoms with van der Waals surface area (Å²) in [6.45, 7) is 0. The van der Waals surface area contributed by atoms with Crippen LogP contribution in [0, 0.1) is 0 Å². The van der Waals surface area contributed by atoms with E-state index in [0.717, 1.165) is 16.7 Å². The van der Waals surface area contributed by atoms with E-state index in [1.54, 1.807) is 37.4 Å². The van der Waals surface area contributed by atoms with E-state index in [1.807, 2.05) is 18.2 Å². The zero-order valence-corrected chi connectivity index (χ0v) is 11.6. The molecule has 0 aliphatic carbocycles. The van der Waals surface area contributed by atoms with E-state index in [0.29, 0.717) is 16.4 Å². The molecular formula is C16H13ClO3. The van der Waals surface area contributed by atoms with E-state index in [9.17, 15) is 5.11 Å². The Bertz CT molecular complexity index is 731.